The van der Waals surface area contributed by atoms with E-state index in [0.29, 0.717) is 11.7 Å². The molecule has 0 unspecified atom stereocenters. The molecule has 1 aromatic carbocycles. The number of benzene rings is 1. The van der Waals surface area contributed by atoms with Crippen molar-refractivity contribution in [3.63, 3.8) is 0 Å². The number of primary sulfonamides is 1. The molecule has 1 aliphatic heterocycles. The van der Waals surface area contributed by atoms with E-state index in [-0.39, 0.29) is 16.6 Å². The van der Waals surface area contributed by atoms with Gasteiger partial charge in [0.2, 0.25) is 10.0 Å². The second kappa shape index (κ2) is 8.09. The predicted octanol–water partition coefficient (Wildman–Crippen LogP) is 1.32. The molecule has 0 spiro atoms. The molecule has 2 aliphatic rings. The molecule has 27 heavy (non-hydrogen) atoms. The van der Waals surface area contributed by atoms with Crippen LogP contribution in [0.15, 0.2) is 23.1 Å². The van der Waals surface area contributed by atoms with E-state index >= 15 is 0 Å². The van der Waals surface area contributed by atoms with Gasteiger partial charge in [-0.1, -0.05) is 0 Å². The molecule has 0 radical (unpaired) electrons. The van der Waals surface area contributed by atoms with Crippen LogP contribution in [0.3, 0.4) is 0 Å². The maximum absolute atomic E-state index is 11.5. The van der Waals surface area contributed by atoms with Gasteiger partial charge in [-0.3, -0.25) is 15.0 Å². The Morgan fingerprint density at radius 3 is 2.41 bits per heavy atom. The number of nitro benzene ring substituents is 1. The number of hydrogen-bond acceptors (Lipinski definition) is 7. The fourth-order valence-corrected chi connectivity index (χ4v) is 4.61. The highest BCUT2D eigenvalue weighted by molar-refractivity contribution is 7.89. The molecular formula is C17H26N4O5S. The smallest absolute Gasteiger partial charge is 0.293 e. The van der Waals surface area contributed by atoms with Crippen LogP contribution in [-0.2, 0) is 14.8 Å². The van der Waals surface area contributed by atoms with Gasteiger partial charge in [-0.2, -0.15) is 0 Å². The Bertz CT molecular complexity index is 787. The predicted molar refractivity (Wildman–Crippen MR) is 101 cm³/mol. The van der Waals surface area contributed by atoms with E-state index in [9.17, 15) is 18.5 Å². The van der Waals surface area contributed by atoms with Gasteiger partial charge < -0.3 is 9.64 Å². The van der Waals surface area contributed by atoms with Crippen LogP contribution in [0.1, 0.15) is 25.7 Å². The van der Waals surface area contributed by atoms with Gasteiger partial charge in [0.15, 0.2) is 0 Å². The molecule has 10 heteroatoms. The number of anilines is 1. The Balaban J connectivity index is 1.72. The minimum atomic E-state index is -3.98. The van der Waals surface area contributed by atoms with Crippen molar-refractivity contribution in [2.45, 2.75) is 42.7 Å². The summed E-state index contributed by atoms with van der Waals surface area (Å²) in [5.74, 6) is 0. The van der Waals surface area contributed by atoms with Crippen LogP contribution in [-0.4, -0.2) is 63.7 Å². The zero-order valence-electron chi connectivity index (χ0n) is 15.4. The summed E-state index contributed by atoms with van der Waals surface area (Å²) in [7, 11) is -2.15. The maximum atomic E-state index is 11.5. The molecule has 150 valence electrons. The lowest BCUT2D eigenvalue weighted by Gasteiger charge is -2.41. The Hall–Kier alpha value is -1.75. The number of nitrogens with two attached hydrogens (primary N) is 1. The van der Waals surface area contributed by atoms with E-state index in [1.807, 2.05) is 11.9 Å². The molecular weight excluding hydrogens is 372 g/mol. The first-order valence-corrected chi connectivity index (χ1v) is 10.7. The SMILES string of the molecule is CN(c1ccc(S(N)(=O)=O)cc1[N+](=O)[O-])[C@H]1CC[C@H](N2CCOCC2)CC1. The van der Waals surface area contributed by atoms with Crippen LogP contribution in [0, 0.1) is 10.1 Å². The second-order valence-electron chi connectivity index (χ2n) is 7.17. The van der Waals surface area contributed by atoms with Crippen molar-refractivity contribution < 1.29 is 18.1 Å². The minimum Gasteiger partial charge on any atom is -0.379 e. The Labute approximate surface area is 159 Å². The van der Waals surface area contributed by atoms with Crippen LogP contribution in [0.25, 0.3) is 0 Å². The van der Waals surface area contributed by atoms with Gasteiger partial charge in [-0.05, 0) is 37.8 Å². The minimum absolute atomic E-state index is 0.182. The lowest BCUT2D eigenvalue weighted by Crippen LogP contribution is -2.47. The number of nitrogens with zero attached hydrogens (tertiary/aromatic N) is 3. The first kappa shape index (κ1) is 20.0. The normalized spacial score (nSPS) is 24.5. The van der Waals surface area contributed by atoms with Gasteiger partial charge in [-0.25, -0.2) is 13.6 Å². The van der Waals surface area contributed by atoms with E-state index in [4.69, 9.17) is 9.88 Å². The standard InChI is InChI=1S/C17H26N4O5S/c1-19(13-2-4-14(5-3-13)20-8-10-26-11-9-20)16-7-6-15(27(18,24)25)12-17(16)21(22)23/h6-7,12-14H,2-5,8-11H2,1H3,(H2,18,24,25)/t13-,14-. The maximum Gasteiger partial charge on any atom is 0.293 e. The summed E-state index contributed by atoms with van der Waals surface area (Å²) in [6.45, 7) is 3.49. The van der Waals surface area contributed by atoms with E-state index in [1.165, 1.54) is 12.1 Å². The Kier molecular flexibility index (Phi) is 5.99. The summed E-state index contributed by atoms with van der Waals surface area (Å²) in [6.07, 6.45) is 3.95. The van der Waals surface area contributed by atoms with E-state index < -0.39 is 14.9 Å². The average molecular weight is 398 g/mol. The first-order chi connectivity index (χ1) is 12.8. The molecule has 1 saturated heterocycles. The van der Waals surface area contributed by atoms with Crippen molar-refractivity contribution in [3.05, 3.63) is 28.3 Å². The highest BCUT2D eigenvalue weighted by Gasteiger charge is 2.31. The third kappa shape index (κ3) is 4.57. The second-order valence-corrected chi connectivity index (χ2v) is 8.74. The molecule has 3 rings (SSSR count). The molecule has 1 aliphatic carbocycles. The number of ether oxygens (including phenoxy) is 1. The molecule has 1 heterocycles. The molecule has 1 aromatic rings. The summed E-state index contributed by atoms with van der Waals surface area (Å²) >= 11 is 0. The highest BCUT2D eigenvalue weighted by atomic mass is 32.2. The molecule has 0 bridgehead atoms. The van der Waals surface area contributed by atoms with Crippen molar-refractivity contribution in [2.75, 3.05) is 38.3 Å². The van der Waals surface area contributed by atoms with Crippen LogP contribution in [0.2, 0.25) is 0 Å². The molecule has 0 aromatic heterocycles. The number of morpholine rings is 1. The van der Waals surface area contributed by atoms with Gasteiger partial charge in [0.05, 0.1) is 23.0 Å². The Morgan fingerprint density at radius 1 is 1.22 bits per heavy atom. The van der Waals surface area contributed by atoms with E-state index in [2.05, 4.69) is 4.90 Å². The summed E-state index contributed by atoms with van der Waals surface area (Å²) in [5.41, 5.74) is 0.182. The summed E-state index contributed by atoms with van der Waals surface area (Å²) in [4.78, 5) is 15.0. The molecule has 0 amide bonds. The quantitative estimate of drug-likeness (QED) is 0.587. The summed E-state index contributed by atoms with van der Waals surface area (Å²) in [6, 6.07) is 4.57. The molecule has 2 N–H and O–H groups in total. The van der Waals surface area contributed by atoms with Gasteiger partial charge in [0, 0.05) is 38.3 Å². The molecule has 2 fully saturated rings. The van der Waals surface area contributed by atoms with Gasteiger partial charge in [0.25, 0.3) is 5.69 Å². The lowest BCUT2D eigenvalue weighted by molar-refractivity contribution is -0.384. The highest BCUT2D eigenvalue weighted by Crippen LogP contribution is 2.35. The number of hydrogen-bond donors (Lipinski definition) is 1. The monoisotopic (exact) mass is 398 g/mol. The zero-order chi connectivity index (χ0) is 19.6. The molecule has 9 nitrogen and oxygen atoms in total. The van der Waals surface area contributed by atoms with Crippen LogP contribution in [0.4, 0.5) is 11.4 Å². The molecule has 0 atom stereocenters. The van der Waals surface area contributed by atoms with Gasteiger partial charge in [0.1, 0.15) is 5.69 Å². The van der Waals surface area contributed by atoms with Crippen LogP contribution in [0.5, 0.6) is 0 Å². The number of rotatable bonds is 5. The van der Waals surface area contributed by atoms with E-state index in [0.717, 1.165) is 58.1 Å². The van der Waals surface area contributed by atoms with Crippen molar-refractivity contribution >= 4 is 21.4 Å². The van der Waals surface area contributed by atoms with Crippen LogP contribution < -0.4 is 10.0 Å². The molecule has 1 saturated carbocycles. The third-order valence-corrected chi connectivity index (χ3v) is 6.54. The third-order valence-electron chi connectivity index (χ3n) is 5.63. The van der Waals surface area contributed by atoms with Gasteiger partial charge >= 0.3 is 0 Å². The van der Waals surface area contributed by atoms with Crippen LogP contribution >= 0.6 is 0 Å². The van der Waals surface area contributed by atoms with Crippen molar-refractivity contribution in [1.82, 2.24) is 4.90 Å². The fraction of sp³-hybridized carbons (Fsp3) is 0.647. The lowest BCUT2D eigenvalue weighted by atomic mass is 9.89. The van der Waals surface area contributed by atoms with Gasteiger partial charge in [-0.15, -0.1) is 0 Å². The summed E-state index contributed by atoms with van der Waals surface area (Å²) < 4.78 is 28.4. The number of sulfonamides is 1. The first-order valence-electron chi connectivity index (χ1n) is 9.13. The van der Waals surface area contributed by atoms with Crippen molar-refractivity contribution in [3.8, 4) is 0 Å². The Morgan fingerprint density at radius 2 is 1.85 bits per heavy atom. The van der Waals surface area contributed by atoms with E-state index in [1.54, 1.807) is 0 Å². The zero-order valence-corrected chi connectivity index (χ0v) is 16.2. The van der Waals surface area contributed by atoms with Crippen molar-refractivity contribution in [1.29, 1.82) is 0 Å². The fourth-order valence-electron chi connectivity index (χ4n) is 4.07. The summed E-state index contributed by atoms with van der Waals surface area (Å²) in [5, 5.41) is 16.6. The topological polar surface area (TPSA) is 119 Å². The number of nitro groups is 1. The largest absolute Gasteiger partial charge is 0.379 e. The van der Waals surface area contributed by atoms with Crippen molar-refractivity contribution in [2.24, 2.45) is 5.14 Å². The average Bonchev–Trinajstić information content (AvgIpc) is 2.67.